The summed E-state index contributed by atoms with van der Waals surface area (Å²) in [6, 6.07) is 7.19. The van der Waals surface area contributed by atoms with E-state index in [4.69, 9.17) is 11.6 Å². The first-order valence-electron chi connectivity index (χ1n) is 10.5. The second-order valence-electron chi connectivity index (χ2n) is 8.80. The zero-order valence-corrected chi connectivity index (χ0v) is 18.5. The number of aromatic nitrogens is 1. The van der Waals surface area contributed by atoms with E-state index in [1.54, 1.807) is 0 Å². The van der Waals surface area contributed by atoms with Crippen molar-refractivity contribution < 1.29 is 9.00 Å². The highest BCUT2D eigenvalue weighted by molar-refractivity contribution is 8.00. The number of amides is 1. The topological polar surface area (TPSA) is 45.6 Å². The molecule has 2 fully saturated rings. The van der Waals surface area contributed by atoms with E-state index in [1.807, 2.05) is 11.0 Å². The van der Waals surface area contributed by atoms with E-state index in [0.717, 1.165) is 11.4 Å². The molecule has 7 heteroatoms. The van der Waals surface area contributed by atoms with E-state index >= 15 is 0 Å². The molecule has 5 nitrogen and oxygen atoms in total. The van der Waals surface area contributed by atoms with Crippen LogP contribution in [0.3, 0.4) is 0 Å². The summed E-state index contributed by atoms with van der Waals surface area (Å²) < 4.78 is 14.4. The Morgan fingerprint density at radius 1 is 1.28 bits per heavy atom. The molecule has 0 spiro atoms. The average Bonchev–Trinajstić information content (AvgIpc) is 3.09. The summed E-state index contributed by atoms with van der Waals surface area (Å²) in [4.78, 5) is 17.2. The SMILES string of the molecule is C=S1(=O)CCN(C(=O)CCn2c3c(c4cc(Cl)ccc42)C2CCC(C3)N2C)CC1. The molecule has 0 radical (unpaired) electrons. The molecule has 5 rings (SSSR count). The summed E-state index contributed by atoms with van der Waals surface area (Å²) in [7, 11) is 0.256. The molecule has 156 valence electrons. The summed E-state index contributed by atoms with van der Waals surface area (Å²) in [5.41, 5.74) is 3.99. The van der Waals surface area contributed by atoms with Crippen LogP contribution in [0.2, 0.25) is 5.02 Å². The van der Waals surface area contributed by atoms with Gasteiger partial charge in [0, 0.05) is 77.7 Å². The number of halogens is 1. The molecule has 2 unspecified atom stereocenters. The third kappa shape index (κ3) is 3.29. The standard InChI is InChI=1S/C22H28ClN3O2S/c1-24-16-4-6-19(24)22-17-13-15(23)3-5-18(17)26(20(22)14-16)8-7-21(27)25-9-11-29(2,28)12-10-25/h3,5,13,16,19H,2,4,6-12,14H2,1H3. The fraction of sp³-hybridized carbons (Fsp3) is 0.545. The Labute approximate surface area is 177 Å². The molecule has 3 aliphatic rings. The van der Waals surface area contributed by atoms with E-state index in [9.17, 15) is 9.00 Å². The molecule has 3 aliphatic heterocycles. The summed E-state index contributed by atoms with van der Waals surface area (Å²) in [6.45, 7) is 1.82. The highest BCUT2D eigenvalue weighted by atomic mass is 35.5. The summed E-state index contributed by atoms with van der Waals surface area (Å²) in [6.07, 6.45) is 3.93. The van der Waals surface area contributed by atoms with Gasteiger partial charge in [0.2, 0.25) is 5.91 Å². The number of carbonyl (C=O) groups excluding carboxylic acids is 1. The maximum Gasteiger partial charge on any atom is 0.224 e. The van der Waals surface area contributed by atoms with Gasteiger partial charge in [-0.2, -0.15) is 0 Å². The number of hydrogen-bond donors (Lipinski definition) is 0. The van der Waals surface area contributed by atoms with E-state index in [0.29, 0.717) is 49.6 Å². The highest BCUT2D eigenvalue weighted by Gasteiger charge is 2.40. The van der Waals surface area contributed by atoms with Crippen molar-refractivity contribution in [2.45, 2.75) is 44.3 Å². The second kappa shape index (κ2) is 7.03. The zero-order valence-electron chi connectivity index (χ0n) is 16.9. The van der Waals surface area contributed by atoms with Crippen LogP contribution in [0.25, 0.3) is 10.9 Å². The third-order valence-corrected chi connectivity index (χ3v) is 9.24. The van der Waals surface area contributed by atoms with Gasteiger partial charge in [0.25, 0.3) is 0 Å². The fourth-order valence-electron chi connectivity index (χ4n) is 5.46. The first kappa shape index (κ1) is 19.5. The molecule has 2 bridgehead atoms. The highest BCUT2D eigenvalue weighted by Crippen LogP contribution is 2.47. The van der Waals surface area contributed by atoms with Crippen LogP contribution in [0.15, 0.2) is 18.2 Å². The van der Waals surface area contributed by atoms with Gasteiger partial charge in [0.15, 0.2) is 0 Å². The van der Waals surface area contributed by atoms with Crippen LogP contribution >= 0.6 is 11.6 Å². The predicted octanol–water partition coefficient (Wildman–Crippen LogP) is 2.93. The Hall–Kier alpha value is -1.50. The van der Waals surface area contributed by atoms with Gasteiger partial charge in [-0.15, -0.1) is 0 Å². The smallest absolute Gasteiger partial charge is 0.224 e. The monoisotopic (exact) mass is 433 g/mol. The normalized spacial score (nSPS) is 26.1. The van der Waals surface area contributed by atoms with Gasteiger partial charge in [-0.25, -0.2) is 0 Å². The molecule has 1 amide bonds. The van der Waals surface area contributed by atoms with Gasteiger partial charge in [-0.1, -0.05) is 11.6 Å². The van der Waals surface area contributed by atoms with Gasteiger partial charge in [-0.3, -0.25) is 13.9 Å². The van der Waals surface area contributed by atoms with Gasteiger partial charge in [0.05, 0.1) is 0 Å². The number of hydrogen-bond acceptors (Lipinski definition) is 3. The first-order valence-corrected chi connectivity index (χ1v) is 12.9. The van der Waals surface area contributed by atoms with Crippen molar-refractivity contribution in [2.75, 3.05) is 31.6 Å². The van der Waals surface area contributed by atoms with Crippen molar-refractivity contribution in [3.8, 4) is 0 Å². The van der Waals surface area contributed by atoms with Gasteiger partial charge in [0.1, 0.15) is 0 Å². The van der Waals surface area contributed by atoms with Crippen LogP contribution in [0.1, 0.15) is 36.6 Å². The molecule has 29 heavy (non-hydrogen) atoms. The predicted molar refractivity (Wildman–Crippen MR) is 120 cm³/mol. The molecule has 1 aromatic carbocycles. The molecule has 2 aromatic rings. The Morgan fingerprint density at radius 3 is 2.79 bits per heavy atom. The molecule has 0 aliphatic carbocycles. The van der Waals surface area contributed by atoms with Crippen molar-refractivity contribution in [3.63, 3.8) is 0 Å². The van der Waals surface area contributed by atoms with E-state index < -0.39 is 9.52 Å². The van der Waals surface area contributed by atoms with Crippen molar-refractivity contribution in [3.05, 3.63) is 34.5 Å². The summed E-state index contributed by atoms with van der Waals surface area (Å²) >= 11 is 6.35. The lowest BCUT2D eigenvalue weighted by molar-refractivity contribution is -0.131. The van der Waals surface area contributed by atoms with Crippen LogP contribution in [0.5, 0.6) is 0 Å². The minimum absolute atomic E-state index is 0.153. The van der Waals surface area contributed by atoms with E-state index in [1.165, 1.54) is 35.0 Å². The van der Waals surface area contributed by atoms with Gasteiger partial charge in [-0.05, 0) is 59.0 Å². The number of fused-ring (bicyclic) bond motifs is 6. The van der Waals surface area contributed by atoms with Crippen molar-refractivity contribution in [1.82, 2.24) is 14.4 Å². The quantitative estimate of drug-likeness (QED) is 0.699. The Morgan fingerprint density at radius 2 is 2.03 bits per heavy atom. The van der Waals surface area contributed by atoms with Crippen molar-refractivity contribution in [1.29, 1.82) is 0 Å². The molecular formula is C22H28ClN3O2S. The van der Waals surface area contributed by atoms with Crippen LogP contribution in [-0.2, 0) is 27.3 Å². The minimum Gasteiger partial charge on any atom is -0.344 e. The number of nitrogens with zero attached hydrogens (tertiary/aromatic N) is 3. The Kier molecular flexibility index (Phi) is 4.72. The van der Waals surface area contributed by atoms with Gasteiger partial charge >= 0.3 is 0 Å². The van der Waals surface area contributed by atoms with Crippen molar-refractivity contribution >= 4 is 43.8 Å². The lowest BCUT2D eigenvalue weighted by atomic mass is 9.97. The Bertz CT molecular complexity index is 1080. The third-order valence-electron chi connectivity index (χ3n) is 7.15. The first-order chi connectivity index (χ1) is 13.8. The van der Waals surface area contributed by atoms with Crippen LogP contribution in [-0.4, -0.2) is 68.0 Å². The molecular weight excluding hydrogens is 406 g/mol. The molecule has 2 saturated heterocycles. The maximum absolute atomic E-state index is 12.8. The molecule has 4 heterocycles. The molecule has 0 N–H and O–H groups in total. The molecule has 2 atom stereocenters. The van der Waals surface area contributed by atoms with Gasteiger partial charge < -0.3 is 9.47 Å². The van der Waals surface area contributed by atoms with Crippen LogP contribution < -0.4 is 0 Å². The van der Waals surface area contributed by atoms with Crippen molar-refractivity contribution in [2.24, 2.45) is 0 Å². The largest absolute Gasteiger partial charge is 0.344 e. The second-order valence-corrected chi connectivity index (χ2v) is 12.0. The van der Waals surface area contributed by atoms with E-state index in [2.05, 4.69) is 34.5 Å². The lowest BCUT2D eigenvalue weighted by Crippen LogP contribution is -2.44. The average molecular weight is 434 g/mol. The zero-order chi connectivity index (χ0) is 20.3. The summed E-state index contributed by atoms with van der Waals surface area (Å²) in [5.74, 6) is 4.99. The number of benzene rings is 1. The van der Waals surface area contributed by atoms with Crippen LogP contribution in [0.4, 0.5) is 0 Å². The maximum atomic E-state index is 12.8. The van der Waals surface area contributed by atoms with E-state index in [-0.39, 0.29) is 5.91 Å². The fourth-order valence-corrected chi connectivity index (χ4v) is 6.95. The number of likely N-dealkylation sites (N-methyl/N-ethyl adjacent to an activating group) is 1. The number of carbonyl (C=O) groups is 1. The number of rotatable bonds is 3. The molecule has 0 saturated carbocycles. The minimum atomic E-state index is -1.98. The Balaban J connectivity index is 1.44. The number of aryl methyl sites for hydroxylation is 1. The summed E-state index contributed by atoms with van der Waals surface area (Å²) in [5, 5.41) is 2.01. The van der Waals surface area contributed by atoms with Crippen LogP contribution in [0, 0.1) is 0 Å². The lowest BCUT2D eigenvalue weighted by Gasteiger charge is -2.32. The molecule has 1 aromatic heterocycles.